The highest BCUT2D eigenvalue weighted by Crippen LogP contribution is 2.25. The van der Waals surface area contributed by atoms with Gasteiger partial charge < -0.3 is 10.1 Å². The van der Waals surface area contributed by atoms with Crippen molar-refractivity contribution in [3.63, 3.8) is 0 Å². The molecular formula is C17H19NO2. The van der Waals surface area contributed by atoms with E-state index in [0.717, 1.165) is 17.7 Å². The van der Waals surface area contributed by atoms with Crippen molar-refractivity contribution in [1.82, 2.24) is 5.32 Å². The number of carbonyl (C=O) groups excluding carboxylic acids is 1. The van der Waals surface area contributed by atoms with Crippen LogP contribution >= 0.6 is 0 Å². The van der Waals surface area contributed by atoms with Gasteiger partial charge in [-0.05, 0) is 41.7 Å². The molecule has 1 saturated carbocycles. The lowest BCUT2D eigenvalue weighted by atomic mass is 9.85. The zero-order valence-corrected chi connectivity index (χ0v) is 11.5. The molecule has 3 nitrogen and oxygen atoms in total. The molecule has 1 fully saturated rings. The fourth-order valence-corrected chi connectivity index (χ4v) is 2.41. The number of benzene rings is 2. The summed E-state index contributed by atoms with van der Waals surface area (Å²) in [5, 5.41) is 5.23. The quantitative estimate of drug-likeness (QED) is 0.905. The maximum Gasteiger partial charge on any atom is 0.257 e. The minimum atomic E-state index is -0.0370. The van der Waals surface area contributed by atoms with Gasteiger partial charge in [0, 0.05) is 6.54 Å². The molecule has 2 aromatic rings. The molecule has 0 atom stereocenters. The van der Waals surface area contributed by atoms with Gasteiger partial charge in [0.25, 0.3) is 5.91 Å². The third-order valence-corrected chi connectivity index (χ3v) is 3.90. The van der Waals surface area contributed by atoms with E-state index in [2.05, 4.69) is 11.4 Å². The van der Waals surface area contributed by atoms with Crippen LogP contribution in [0.2, 0.25) is 0 Å². The minimum Gasteiger partial charge on any atom is -0.484 e. The molecule has 3 heteroatoms. The van der Waals surface area contributed by atoms with Crippen molar-refractivity contribution in [2.45, 2.75) is 19.3 Å². The number of carbonyl (C=O) groups is 1. The molecule has 1 amide bonds. The molecule has 0 aromatic heterocycles. The van der Waals surface area contributed by atoms with Gasteiger partial charge in [-0.1, -0.05) is 36.8 Å². The second-order valence-corrected chi connectivity index (χ2v) is 5.40. The highest BCUT2D eigenvalue weighted by Gasteiger charge is 2.17. The summed E-state index contributed by atoms with van der Waals surface area (Å²) in [7, 11) is 0. The largest absolute Gasteiger partial charge is 0.484 e. The molecule has 20 heavy (non-hydrogen) atoms. The predicted molar refractivity (Wildman–Crippen MR) is 79.8 cm³/mol. The van der Waals surface area contributed by atoms with Crippen molar-refractivity contribution >= 4 is 16.7 Å². The van der Waals surface area contributed by atoms with Gasteiger partial charge in [0.15, 0.2) is 6.61 Å². The standard InChI is InChI=1S/C17H19NO2/c19-17(18-11-13-4-3-5-13)12-20-16-9-8-14-6-1-2-7-15(14)10-16/h1-2,6-10,13H,3-5,11-12H2,(H,18,19). The molecule has 1 aliphatic rings. The van der Waals surface area contributed by atoms with Crippen LogP contribution in [0.25, 0.3) is 10.8 Å². The van der Waals surface area contributed by atoms with Crippen LogP contribution in [0.4, 0.5) is 0 Å². The van der Waals surface area contributed by atoms with E-state index in [0.29, 0.717) is 5.92 Å². The van der Waals surface area contributed by atoms with E-state index in [-0.39, 0.29) is 12.5 Å². The number of amides is 1. The van der Waals surface area contributed by atoms with Crippen molar-refractivity contribution < 1.29 is 9.53 Å². The van der Waals surface area contributed by atoms with Gasteiger partial charge in [0.2, 0.25) is 0 Å². The van der Waals surface area contributed by atoms with E-state index < -0.39 is 0 Å². The van der Waals surface area contributed by atoms with Crippen LogP contribution in [0.15, 0.2) is 42.5 Å². The summed E-state index contributed by atoms with van der Waals surface area (Å²) in [4.78, 5) is 11.7. The Hall–Kier alpha value is -2.03. The molecular weight excluding hydrogens is 250 g/mol. The molecule has 3 rings (SSSR count). The molecule has 0 radical (unpaired) electrons. The lowest BCUT2D eigenvalue weighted by Gasteiger charge is -2.25. The maximum atomic E-state index is 11.7. The summed E-state index contributed by atoms with van der Waals surface area (Å²) in [5.41, 5.74) is 0. The van der Waals surface area contributed by atoms with Crippen molar-refractivity contribution in [2.75, 3.05) is 13.2 Å². The first kappa shape index (κ1) is 13.0. The summed E-state index contributed by atoms with van der Waals surface area (Å²) in [6, 6.07) is 14.0. The van der Waals surface area contributed by atoms with Crippen LogP contribution in [0, 0.1) is 5.92 Å². The summed E-state index contributed by atoms with van der Waals surface area (Å²) < 4.78 is 5.55. The molecule has 1 aliphatic carbocycles. The van der Waals surface area contributed by atoms with Crippen LogP contribution < -0.4 is 10.1 Å². The first-order valence-electron chi connectivity index (χ1n) is 7.19. The summed E-state index contributed by atoms with van der Waals surface area (Å²) >= 11 is 0. The Balaban J connectivity index is 1.52. The van der Waals surface area contributed by atoms with E-state index in [1.165, 1.54) is 24.6 Å². The third-order valence-electron chi connectivity index (χ3n) is 3.90. The van der Waals surface area contributed by atoms with Gasteiger partial charge in [-0.25, -0.2) is 0 Å². The molecule has 0 unspecified atom stereocenters. The van der Waals surface area contributed by atoms with Gasteiger partial charge in [0.1, 0.15) is 5.75 Å². The van der Waals surface area contributed by atoms with E-state index in [4.69, 9.17) is 4.74 Å². The molecule has 0 heterocycles. The van der Waals surface area contributed by atoms with E-state index in [1.807, 2.05) is 36.4 Å². The van der Waals surface area contributed by atoms with Crippen molar-refractivity contribution in [2.24, 2.45) is 5.92 Å². The number of ether oxygens (including phenoxy) is 1. The Kier molecular flexibility index (Phi) is 3.86. The van der Waals surface area contributed by atoms with Gasteiger partial charge >= 0.3 is 0 Å². The monoisotopic (exact) mass is 269 g/mol. The van der Waals surface area contributed by atoms with Crippen LogP contribution in [0.1, 0.15) is 19.3 Å². The Morgan fingerprint density at radius 3 is 2.70 bits per heavy atom. The van der Waals surface area contributed by atoms with Crippen molar-refractivity contribution in [3.05, 3.63) is 42.5 Å². The highest BCUT2D eigenvalue weighted by molar-refractivity contribution is 5.84. The molecule has 0 aliphatic heterocycles. The maximum absolute atomic E-state index is 11.7. The molecule has 1 N–H and O–H groups in total. The molecule has 0 saturated heterocycles. The number of nitrogens with one attached hydrogen (secondary N) is 1. The number of fused-ring (bicyclic) bond motifs is 1. The van der Waals surface area contributed by atoms with Gasteiger partial charge in [-0.15, -0.1) is 0 Å². The highest BCUT2D eigenvalue weighted by atomic mass is 16.5. The Labute approximate surface area is 118 Å². The minimum absolute atomic E-state index is 0.0370. The van der Waals surface area contributed by atoms with Crippen molar-refractivity contribution in [1.29, 1.82) is 0 Å². The lowest BCUT2D eigenvalue weighted by Crippen LogP contribution is -2.35. The second-order valence-electron chi connectivity index (χ2n) is 5.40. The fourth-order valence-electron chi connectivity index (χ4n) is 2.41. The Morgan fingerprint density at radius 1 is 1.15 bits per heavy atom. The lowest BCUT2D eigenvalue weighted by molar-refractivity contribution is -0.123. The van der Waals surface area contributed by atoms with Crippen molar-refractivity contribution in [3.8, 4) is 5.75 Å². The molecule has 0 spiro atoms. The van der Waals surface area contributed by atoms with Crippen LogP contribution in [0.5, 0.6) is 5.75 Å². The van der Waals surface area contributed by atoms with E-state index in [1.54, 1.807) is 0 Å². The summed E-state index contributed by atoms with van der Waals surface area (Å²) in [6.45, 7) is 0.880. The van der Waals surface area contributed by atoms with Crippen LogP contribution in [0.3, 0.4) is 0 Å². The SMILES string of the molecule is O=C(COc1ccc2ccccc2c1)NCC1CCC1. The first-order valence-corrected chi connectivity index (χ1v) is 7.19. The van der Waals surface area contributed by atoms with Crippen LogP contribution in [-0.4, -0.2) is 19.1 Å². The average molecular weight is 269 g/mol. The fraction of sp³-hybridized carbons (Fsp3) is 0.353. The summed E-state index contributed by atoms with van der Waals surface area (Å²) in [5.74, 6) is 1.38. The van der Waals surface area contributed by atoms with Gasteiger partial charge in [-0.2, -0.15) is 0 Å². The average Bonchev–Trinajstić information content (AvgIpc) is 2.43. The summed E-state index contributed by atoms with van der Waals surface area (Å²) in [6.07, 6.45) is 3.78. The Morgan fingerprint density at radius 2 is 1.95 bits per heavy atom. The van der Waals surface area contributed by atoms with Gasteiger partial charge in [0.05, 0.1) is 0 Å². The van der Waals surface area contributed by atoms with Gasteiger partial charge in [-0.3, -0.25) is 4.79 Å². The first-order chi connectivity index (χ1) is 9.81. The number of rotatable bonds is 5. The second kappa shape index (κ2) is 5.95. The normalized spacial score (nSPS) is 14.8. The van der Waals surface area contributed by atoms with Crippen LogP contribution in [-0.2, 0) is 4.79 Å². The number of hydrogen-bond donors (Lipinski definition) is 1. The van der Waals surface area contributed by atoms with E-state index in [9.17, 15) is 4.79 Å². The zero-order chi connectivity index (χ0) is 13.8. The third kappa shape index (κ3) is 3.10. The smallest absolute Gasteiger partial charge is 0.257 e. The topological polar surface area (TPSA) is 38.3 Å². The molecule has 0 bridgehead atoms. The zero-order valence-electron chi connectivity index (χ0n) is 11.5. The van der Waals surface area contributed by atoms with E-state index >= 15 is 0 Å². The molecule has 2 aromatic carbocycles. The Bertz CT molecular complexity index is 605. The predicted octanol–water partition coefficient (Wildman–Crippen LogP) is 3.13. The number of hydrogen-bond acceptors (Lipinski definition) is 2. The molecule has 104 valence electrons.